The summed E-state index contributed by atoms with van der Waals surface area (Å²) in [6.45, 7) is 7.85. The fourth-order valence-electron chi connectivity index (χ4n) is 1.75. The second-order valence-corrected chi connectivity index (χ2v) is 6.19. The zero-order valence-electron chi connectivity index (χ0n) is 11.9. The zero-order chi connectivity index (χ0) is 14.3. The molecule has 1 N–H and O–H groups in total. The van der Waals surface area contributed by atoms with Crippen molar-refractivity contribution in [2.45, 2.75) is 33.6 Å². The molecule has 1 rings (SSSR count). The Kier molecular flexibility index (Phi) is 6.08. The van der Waals surface area contributed by atoms with Crippen molar-refractivity contribution >= 4 is 21.5 Å². The van der Waals surface area contributed by atoms with Crippen LogP contribution in [-0.4, -0.2) is 32.2 Å². The first kappa shape index (κ1) is 15.8. The maximum Gasteiger partial charge on any atom is 0.232 e. The van der Waals surface area contributed by atoms with E-state index in [-0.39, 0.29) is 5.75 Å². The standard InChI is InChI=1S/C13H23N3O2S/c1-4-7-10-19(17,18)15-12-8-9-13(14-11-12)16(5-2)6-3/h8-9,11,15H,4-7,10H2,1-3H3. The Morgan fingerprint density at radius 2 is 1.89 bits per heavy atom. The van der Waals surface area contributed by atoms with Crippen LogP contribution in [0.15, 0.2) is 18.3 Å². The summed E-state index contributed by atoms with van der Waals surface area (Å²) in [5.74, 6) is 1.02. The lowest BCUT2D eigenvalue weighted by Crippen LogP contribution is -2.23. The number of unbranched alkanes of at least 4 members (excludes halogenated alkanes) is 1. The third kappa shape index (κ3) is 5.06. The first-order valence-corrected chi connectivity index (χ1v) is 8.39. The lowest BCUT2D eigenvalue weighted by molar-refractivity contribution is 0.598. The van der Waals surface area contributed by atoms with Gasteiger partial charge in [0.15, 0.2) is 0 Å². The van der Waals surface area contributed by atoms with Gasteiger partial charge in [-0.2, -0.15) is 0 Å². The van der Waals surface area contributed by atoms with E-state index in [4.69, 9.17) is 0 Å². The Hall–Kier alpha value is -1.30. The summed E-state index contributed by atoms with van der Waals surface area (Å²) in [6.07, 6.45) is 3.09. The third-order valence-electron chi connectivity index (χ3n) is 2.88. The summed E-state index contributed by atoms with van der Waals surface area (Å²) >= 11 is 0. The number of hydrogen-bond acceptors (Lipinski definition) is 4. The predicted molar refractivity (Wildman–Crippen MR) is 80.1 cm³/mol. The fraction of sp³-hybridized carbons (Fsp3) is 0.615. The largest absolute Gasteiger partial charge is 0.357 e. The van der Waals surface area contributed by atoms with Crippen molar-refractivity contribution in [1.29, 1.82) is 0 Å². The van der Waals surface area contributed by atoms with Crippen LogP contribution < -0.4 is 9.62 Å². The van der Waals surface area contributed by atoms with Crippen molar-refractivity contribution in [2.75, 3.05) is 28.5 Å². The van der Waals surface area contributed by atoms with Crippen molar-refractivity contribution in [3.05, 3.63) is 18.3 Å². The molecule has 0 saturated heterocycles. The van der Waals surface area contributed by atoms with Crippen LogP contribution in [0.3, 0.4) is 0 Å². The molecule has 0 aromatic carbocycles. The molecule has 0 saturated carbocycles. The minimum absolute atomic E-state index is 0.154. The Morgan fingerprint density at radius 3 is 2.37 bits per heavy atom. The van der Waals surface area contributed by atoms with Gasteiger partial charge in [-0.15, -0.1) is 0 Å². The quantitative estimate of drug-likeness (QED) is 0.797. The number of aromatic nitrogens is 1. The van der Waals surface area contributed by atoms with Gasteiger partial charge in [0.05, 0.1) is 17.6 Å². The van der Waals surface area contributed by atoms with Crippen molar-refractivity contribution in [1.82, 2.24) is 4.98 Å². The molecule has 0 bridgehead atoms. The number of sulfonamides is 1. The second-order valence-electron chi connectivity index (χ2n) is 4.35. The van der Waals surface area contributed by atoms with E-state index >= 15 is 0 Å². The van der Waals surface area contributed by atoms with Gasteiger partial charge >= 0.3 is 0 Å². The van der Waals surface area contributed by atoms with E-state index in [0.29, 0.717) is 12.1 Å². The zero-order valence-corrected chi connectivity index (χ0v) is 12.7. The Bertz CT molecular complexity index is 467. The minimum Gasteiger partial charge on any atom is -0.357 e. The monoisotopic (exact) mass is 285 g/mol. The Labute approximate surface area is 116 Å². The van der Waals surface area contributed by atoms with Gasteiger partial charge in [0, 0.05) is 13.1 Å². The molecule has 6 heteroatoms. The van der Waals surface area contributed by atoms with Gasteiger partial charge in [-0.1, -0.05) is 13.3 Å². The smallest absolute Gasteiger partial charge is 0.232 e. The molecular formula is C13H23N3O2S. The van der Waals surface area contributed by atoms with Gasteiger partial charge in [0.1, 0.15) is 5.82 Å². The average Bonchev–Trinajstić information content (AvgIpc) is 2.39. The fourth-order valence-corrected chi connectivity index (χ4v) is 3.00. The van der Waals surface area contributed by atoms with Gasteiger partial charge in [0.2, 0.25) is 10.0 Å². The van der Waals surface area contributed by atoms with Gasteiger partial charge < -0.3 is 4.90 Å². The lowest BCUT2D eigenvalue weighted by Gasteiger charge is -2.19. The highest BCUT2D eigenvalue weighted by atomic mass is 32.2. The molecule has 5 nitrogen and oxygen atoms in total. The maximum absolute atomic E-state index is 11.7. The topological polar surface area (TPSA) is 62.3 Å². The number of rotatable bonds is 8. The van der Waals surface area contributed by atoms with Crippen LogP contribution in [0.25, 0.3) is 0 Å². The third-order valence-corrected chi connectivity index (χ3v) is 4.25. The van der Waals surface area contributed by atoms with Crippen LogP contribution in [0, 0.1) is 0 Å². The molecule has 108 valence electrons. The van der Waals surface area contributed by atoms with Crippen molar-refractivity contribution in [2.24, 2.45) is 0 Å². The number of hydrogen-bond donors (Lipinski definition) is 1. The molecule has 0 aliphatic heterocycles. The average molecular weight is 285 g/mol. The van der Waals surface area contributed by atoms with E-state index in [0.717, 1.165) is 25.3 Å². The highest BCUT2D eigenvalue weighted by molar-refractivity contribution is 7.92. The highest BCUT2D eigenvalue weighted by Crippen LogP contribution is 2.15. The Balaban J connectivity index is 2.71. The van der Waals surface area contributed by atoms with Crippen LogP contribution in [0.2, 0.25) is 0 Å². The molecule has 0 amide bonds. The Morgan fingerprint density at radius 1 is 1.21 bits per heavy atom. The summed E-state index contributed by atoms with van der Waals surface area (Å²) in [4.78, 5) is 6.39. The van der Waals surface area contributed by atoms with Crippen molar-refractivity contribution < 1.29 is 8.42 Å². The molecule has 0 aliphatic carbocycles. The minimum atomic E-state index is -3.24. The van der Waals surface area contributed by atoms with Gasteiger partial charge in [-0.25, -0.2) is 13.4 Å². The van der Waals surface area contributed by atoms with Crippen LogP contribution >= 0.6 is 0 Å². The molecule has 0 radical (unpaired) electrons. The normalized spacial score (nSPS) is 11.3. The summed E-state index contributed by atoms with van der Waals surface area (Å²) < 4.78 is 26.0. The van der Waals surface area contributed by atoms with Gasteiger partial charge in [-0.3, -0.25) is 4.72 Å². The molecule has 0 atom stereocenters. The van der Waals surface area contributed by atoms with Gasteiger partial charge in [-0.05, 0) is 32.4 Å². The van der Waals surface area contributed by atoms with Crippen molar-refractivity contribution in [3.63, 3.8) is 0 Å². The summed E-state index contributed by atoms with van der Waals surface area (Å²) in [6, 6.07) is 3.59. The molecule has 0 spiro atoms. The van der Waals surface area contributed by atoms with Crippen LogP contribution in [0.4, 0.5) is 11.5 Å². The summed E-state index contributed by atoms with van der Waals surface area (Å²) in [5, 5.41) is 0. The van der Waals surface area contributed by atoms with Crippen molar-refractivity contribution in [3.8, 4) is 0 Å². The SMILES string of the molecule is CCCCS(=O)(=O)Nc1ccc(N(CC)CC)nc1. The maximum atomic E-state index is 11.7. The van der Waals surface area contributed by atoms with E-state index < -0.39 is 10.0 Å². The van der Waals surface area contributed by atoms with E-state index in [1.54, 1.807) is 12.3 Å². The van der Waals surface area contributed by atoms with Crippen LogP contribution in [-0.2, 0) is 10.0 Å². The van der Waals surface area contributed by atoms with E-state index in [1.807, 2.05) is 13.0 Å². The molecule has 0 fully saturated rings. The van der Waals surface area contributed by atoms with Crippen LogP contribution in [0.5, 0.6) is 0 Å². The molecule has 1 heterocycles. The number of nitrogens with zero attached hydrogens (tertiary/aromatic N) is 2. The first-order chi connectivity index (χ1) is 9.02. The van der Waals surface area contributed by atoms with E-state index in [1.165, 1.54) is 0 Å². The molecule has 1 aromatic heterocycles. The number of pyridine rings is 1. The summed E-state index contributed by atoms with van der Waals surface area (Å²) in [7, 11) is -3.24. The summed E-state index contributed by atoms with van der Waals surface area (Å²) in [5.41, 5.74) is 0.520. The van der Waals surface area contributed by atoms with E-state index in [9.17, 15) is 8.42 Å². The lowest BCUT2D eigenvalue weighted by atomic mass is 10.4. The van der Waals surface area contributed by atoms with E-state index in [2.05, 4.69) is 28.5 Å². The predicted octanol–water partition coefficient (Wildman–Crippen LogP) is 2.47. The molecule has 0 unspecified atom stereocenters. The highest BCUT2D eigenvalue weighted by Gasteiger charge is 2.10. The molecule has 0 aliphatic rings. The molecular weight excluding hydrogens is 262 g/mol. The second kappa shape index (κ2) is 7.33. The number of anilines is 2. The molecule has 19 heavy (non-hydrogen) atoms. The first-order valence-electron chi connectivity index (χ1n) is 6.73. The number of nitrogens with one attached hydrogen (secondary N) is 1. The van der Waals surface area contributed by atoms with Gasteiger partial charge in [0.25, 0.3) is 0 Å². The van der Waals surface area contributed by atoms with Crippen LogP contribution in [0.1, 0.15) is 33.6 Å². The molecule has 1 aromatic rings.